The molecule has 20 heavy (non-hydrogen) atoms. The predicted octanol–water partition coefficient (Wildman–Crippen LogP) is 3.76. The molecule has 2 aromatic rings. The van der Waals surface area contributed by atoms with Gasteiger partial charge in [-0.05, 0) is 40.5 Å². The molecule has 0 unspecified atom stereocenters. The third-order valence-electron chi connectivity index (χ3n) is 3.27. The number of halogens is 1. The van der Waals surface area contributed by atoms with Crippen molar-refractivity contribution in [1.82, 2.24) is 0 Å². The first-order valence-electron chi connectivity index (χ1n) is 6.36. The van der Waals surface area contributed by atoms with Gasteiger partial charge in [0.1, 0.15) is 13.2 Å². The third kappa shape index (κ3) is 2.31. The summed E-state index contributed by atoms with van der Waals surface area (Å²) in [7, 11) is 0. The minimum absolute atomic E-state index is 0.0213. The monoisotopic (exact) mass is 332 g/mol. The zero-order valence-corrected chi connectivity index (χ0v) is 12.6. The molecule has 1 aliphatic rings. The molecular formula is C16H13BrO3. The van der Waals surface area contributed by atoms with Gasteiger partial charge in [0.15, 0.2) is 17.3 Å². The SMILES string of the molecule is Cc1ccccc1C(=O)c1cc2c(cc1Br)OCCO2. The maximum atomic E-state index is 12.6. The Kier molecular flexibility index (Phi) is 3.49. The number of hydrogen-bond acceptors (Lipinski definition) is 3. The minimum Gasteiger partial charge on any atom is -0.486 e. The van der Waals surface area contributed by atoms with E-state index in [4.69, 9.17) is 9.47 Å². The Bertz CT molecular complexity index is 679. The normalized spacial score (nSPS) is 13.1. The van der Waals surface area contributed by atoms with E-state index < -0.39 is 0 Å². The Hall–Kier alpha value is -1.81. The highest BCUT2D eigenvalue weighted by atomic mass is 79.9. The fraction of sp³-hybridized carbons (Fsp3) is 0.188. The number of ketones is 1. The van der Waals surface area contributed by atoms with Crippen LogP contribution in [0.2, 0.25) is 0 Å². The molecule has 0 saturated carbocycles. The molecule has 4 heteroatoms. The smallest absolute Gasteiger partial charge is 0.194 e. The van der Waals surface area contributed by atoms with E-state index in [2.05, 4.69) is 15.9 Å². The van der Waals surface area contributed by atoms with E-state index in [0.29, 0.717) is 35.8 Å². The van der Waals surface area contributed by atoms with Crippen molar-refractivity contribution >= 4 is 21.7 Å². The van der Waals surface area contributed by atoms with Gasteiger partial charge in [-0.3, -0.25) is 4.79 Å². The second kappa shape index (κ2) is 5.29. The molecule has 102 valence electrons. The van der Waals surface area contributed by atoms with Crippen LogP contribution in [0.25, 0.3) is 0 Å². The zero-order valence-electron chi connectivity index (χ0n) is 11.0. The molecule has 3 nitrogen and oxygen atoms in total. The van der Waals surface area contributed by atoms with Crippen molar-refractivity contribution in [2.45, 2.75) is 6.92 Å². The van der Waals surface area contributed by atoms with E-state index in [0.717, 1.165) is 10.0 Å². The number of ether oxygens (including phenoxy) is 2. The van der Waals surface area contributed by atoms with Gasteiger partial charge in [0, 0.05) is 15.6 Å². The summed E-state index contributed by atoms with van der Waals surface area (Å²) in [5.74, 6) is 1.27. The van der Waals surface area contributed by atoms with Crippen molar-refractivity contribution in [3.8, 4) is 11.5 Å². The van der Waals surface area contributed by atoms with E-state index in [1.807, 2.05) is 31.2 Å². The number of rotatable bonds is 2. The van der Waals surface area contributed by atoms with Gasteiger partial charge in [0.05, 0.1) is 0 Å². The van der Waals surface area contributed by atoms with Crippen LogP contribution in [-0.2, 0) is 0 Å². The van der Waals surface area contributed by atoms with Gasteiger partial charge in [-0.15, -0.1) is 0 Å². The van der Waals surface area contributed by atoms with Gasteiger partial charge in [-0.25, -0.2) is 0 Å². The molecule has 0 radical (unpaired) electrons. The lowest BCUT2D eigenvalue weighted by molar-refractivity contribution is 0.103. The van der Waals surface area contributed by atoms with Crippen LogP contribution in [0.15, 0.2) is 40.9 Å². The third-order valence-corrected chi connectivity index (χ3v) is 3.92. The second-order valence-corrected chi connectivity index (χ2v) is 5.47. The summed E-state index contributed by atoms with van der Waals surface area (Å²) in [5.41, 5.74) is 2.24. The topological polar surface area (TPSA) is 35.5 Å². The fourth-order valence-corrected chi connectivity index (χ4v) is 2.71. The number of fused-ring (bicyclic) bond motifs is 1. The lowest BCUT2D eigenvalue weighted by Gasteiger charge is -2.19. The average molecular weight is 333 g/mol. The molecule has 0 aliphatic carbocycles. The van der Waals surface area contributed by atoms with Crippen LogP contribution in [-0.4, -0.2) is 19.0 Å². The standard InChI is InChI=1S/C16H13BrO3/c1-10-4-2-3-5-11(10)16(18)12-8-14-15(9-13(12)17)20-7-6-19-14/h2-5,8-9H,6-7H2,1H3. The summed E-state index contributed by atoms with van der Waals surface area (Å²) < 4.78 is 11.8. The number of carbonyl (C=O) groups is 1. The molecular weight excluding hydrogens is 320 g/mol. The van der Waals surface area contributed by atoms with Crippen LogP contribution in [0.4, 0.5) is 0 Å². The van der Waals surface area contributed by atoms with E-state index in [1.54, 1.807) is 12.1 Å². The van der Waals surface area contributed by atoms with E-state index in [-0.39, 0.29) is 5.78 Å². The summed E-state index contributed by atoms with van der Waals surface area (Å²) in [6.07, 6.45) is 0. The predicted molar refractivity (Wildman–Crippen MR) is 79.7 cm³/mol. The van der Waals surface area contributed by atoms with Crippen LogP contribution in [0.1, 0.15) is 21.5 Å². The van der Waals surface area contributed by atoms with Crippen LogP contribution in [0, 0.1) is 6.92 Å². The second-order valence-electron chi connectivity index (χ2n) is 4.62. The largest absolute Gasteiger partial charge is 0.486 e. The number of carbonyl (C=O) groups excluding carboxylic acids is 1. The van der Waals surface area contributed by atoms with E-state index in [1.165, 1.54) is 0 Å². The molecule has 0 amide bonds. The van der Waals surface area contributed by atoms with Crippen LogP contribution in [0.3, 0.4) is 0 Å². The van der Waals surface area contributed by atoms with Gasteiger partial charge in [-0.1, -0.05) is 24.3 Å². The first kappa shape index (κ1) is 13.2. The quantitative estimate of drug-likeness (QED) is 0.785. The molecule has 1 aliphatic heterocycles. The lowest BCUT2D eigenvalue weighted by atomic mass is 9.99. The van der Waals surface area contributed by atoms with E-state index in [9.17, 15) is 4.79 Å². The average Bonchev–Trinajstić information content (AvgIpc) is 2.46. The fourth-order valence-electron chi connectivity index (χ4n) is 2.21. The molecule has 1 heterocycles. The van der Waals surface area contributed by atoms with Crippen molar-refractivity contribution in [3.05, 3.63) is 57.6 Å². The summed E-state index contributed by atoms with van der Waals surface area (Å²) in [5, 5.41) is 0. The Morgan fingerprint density at radius 2 is 1.70 bits per heavy atom. The highest BCUT2D eigenvalue weighted by Crippen LogP contribution is 2.36. The van der Waals surface area contributed by atoms with Crippen molar-refractivity contribution in [1.29, 1.82) is 0 Å². The zero-order chi connectivity index (χ0) is 14.1. The van der Waals surface area contributed by atoms with Crippen LogP contribution in [0.5, 0.6) is 11.5 Å². The minimum atomic E-state index is -0.0213. The molecule has 0 aromatic heterocycles. The number of aryl methyl sites for hydroxylation is 1. The molecule has 2 aromatic carbocycles. The number of benzene rings is 2. The van der Waals surface area contributed by atoms with Crippen molar-refractivity contribution in [3.63, 3.8) is 0 Å². The van der Waals surface area contributed by atoms with Crippen LogP contribution >= 0.6 is 15.9 Å². The van der Waals surface area contributed by atoms with Gasteiger partial charge < -0.3 is 9.47 Å². The molecule has 0 N–H and O–H groups in total. The van der Waals surface area contributed by atoms with Gasteiger partial charge in [0.2, 0.25) is 0 Å². The van der Waals surface area contributed by atoms with E-state index >= 15 is 0 Å². The Morgan fingerprint density at radius 1 is 1.05 bits per heavy atom. The first-order valence-corrected chi connectivity index (χ1v) is 7.15. The summed E-state index contributed by atoms with van der Waals surface area (Å²) in [6, 6.07) is 11.1. The molecule has 0 saturated heterocycles. The summed E-state index contributed by atoms with van der Waals surface area (Å²) >= 11 is 3.44. The molecule has 0 fully saturated rings. The number of hydrogen-bond donors (Lipinski definition) is 0. The van der Waals surface area contributed by atoms with Crippen molar-refractivity contribution in [2.24, 2.45) is 0 Å². The van der Waals surface area contributed by atoms with Gasteiger partial charge in [-0.2, -0.15) is 0 Å². The lowest BCUT2D eigenvalue weighted by Crippen LogP contribution is -2.16. The highest BCUT2D eigenvalue weighted by molar-refractivity contribution is 9.10. The first-order chi connectivity index (χ1) is 9.66. The maximum absolute atomic E-state index is 12.6. The van der Waals surface area contributed by atoms with Gasteiger partial charge in [0.25, 0.3) is 0 Å². The van der Waals surface area contributed by atoms with Gasteiger partial charge >= 0.3 is 0 Å². The maximum Gasteiger partial charge on any atom is 0.194 e. The molecule has 0 bridgehead atoms. The van der Waals surface area contributed by atoms with Crippen molar-refractivity contribution < 1.29 is 14.3 Å². The highest BCUT2D eigenvalue weighted by Gasteiger charge is 2.20. The Morgan fingerprint density at radius 3 is 2.40 bits per heavy atom. The Balaban J connectivity index is 2.06. The summed E-state index contributed by atoms with van der Waals surface area (Å²) in [6.45, 7) is 2.97. The van der Waals surface area contributed by atoms with Crippen LogP contribution < -0.4 is 9.47 Å². The summed E-state index contributed by atoms with van der Waals surface area (Å²) in [4.78, 5) is 12.6. The molecule has 0 atom stereocenters. The van der Waals surface area contributed by atoms with Crippen molar-refractivity contribution in [2.75, 3.05) is 13.2 Å². The molecule has 0 spiro atoms. The molecule has 3 rings (SSSR count). The Labute approximate surface area is 125 Å².